The van der Waals surface area contributed by atoms with Crippen LogP contribution in [-0.2, 0) is 6.54 Å². The molecule has 0 saturated carbocycles. The number of hydrogen-bond acceptors (Lipinski definition) is 5. The molecule has 0 aliphatic carbocycles. The van der Waals surface area contributed by atoms with Gasteiger partial charge in [0.15, 0.2) is 11.0 Å². The van der Waals surface area contributed by atoms with E-state index < -0.39 is 0 Å². The Morgan fingerprint density at radius 3 is 2.34 bits per heavy atom. The lowest BCUT2D eigenvalue weighted by atomic mass is 10.0. The Bertz CT molecular complexity index is 1400. The molecule has 2 heterocycles. The van der Waals surface area contributed by atoms with Crippen LogP contribution in [-0.4, -0.2) is 48.9 Å². The number of benzene rings is 3. The summed E-state index contributed by atoms with van der Waals surface area (Å²) in [5.74, 6) is 0.171. The average Bonchev–Trinajstić information content (AvgIpc) is 2.89. The van der Waals surface area contributed by atoms with Gasteiger partial charge in [-0.3, -0.25) is 14.5 Å². The highest BCUT2D eigenvalue weighted by Gasteiger charge is 2.19. The lowest BCUT2D eigenvalue weighted by Gasteiger charge is -2.32. The minimum Gasteiger partial charge on any atom is -0.455 e. The van der Waals surface area contributed by atoms with Gasteiger partial charge in [-0.25, -0.2) is 0 Å². The first-order valence-corrected chi connectivity index (χ1v) is 11.9. The van der Waals surface area contributed by atoms with Gasteiger partial charge in [-0.2, -0.15) is 0 Å². The van der Waals surface area contributed by atoms with Gasteiger partial charge in [-0.05, 0) is 43.8 Å². The molecule has 6 nitrogen and oxygen atoms in total. The third-order valence-electron chi connectivity index (χ3n) is 6.64. The van der Waals surface area contributed by atoms with Crippen molar-refractivity contribution in [1.29, 1.82) is 0 Å². The molecule has 1 aliphatic heterocycles. The average molecular weight is 468 g/mol. The molecule has 0 atom stereocenters. The summed E-state index contributed by atoms with van der Waals surface area (Å²) in [6.45, 7) is 6.95. The Hall–Kier alpha value is -3.74. The minimum absolute atomic E-state index is 0.131. The van der Waals surface area contributed by atoms with Crippen LogP contribution in [0.15, 0.2) is 82.0 Å². The molecule has 1 amide bonds. The molecule has 1 saturated heterocycles. The molecule has 6 heteroatoms. The predicted molar refractivity (Wildman–Crippen MR) is 140 cm³/mol. The van der Waals surface area contributed by atoms with E-state index in [1.54, 1.807) is 25.1 Å². The highest BCUT2D eigenvalue weighted by atomic mass is 16.3. The van der Waals surface area contributed by atoms with E-state index in [0.717, 1.165) is 38.3 Å². The van der Waals surface area contributed by atoms with Crippen LogP contribution < -0.4 is 10.7 Å². The van der Waals surface area contributed by atoms with Crippen LogP contribution in [0.4, 0.5) is 5.69 Å². The molecule has 0 bridgehead atoms. The molecule has 1 aliphatic rings. The monoisotopic (exact) mass is 467 g/mol. The van der Waals surface area contributed by atoms with Crippen molar-refractivity contribution in [3.8, 4) is 11.3 Å². The quantitative estimate of drug-likeness (QED) is 0.458. The number of fused-ring (bicyclic) bond motifs is 1. The van der Waals surface area contributed by atoms with Gasteiger partial charge in [-0.1, -0.05) is 48.5 Å². The molecule has 178 valence electrons. The fourth-order valence-corrected chi connectivity index (χ4v) is 4.51. The van der Waals surface area contributed by atoms with Crippen molar-refractivity contribution in [1.82, 2.24) is 9.80 Å². The zero-order valence-electron chi connectivity index (χ0n) is 20.1. The first-order valence-electron chi connectivity index (χ1n) is 11.9. The molecule has 0 radical (unpaired) electrons. The number of hydrogen-bond donors (Lipinski definition) is 1. The largest absolute Gasteiger partial charge is 0.455 e. The van der Waals surface area contributed by atoms with Crippen molar-refractivity contribution in [2.45, 2.75) is 13.5 Å². The van der Waals surface area contributed by atoms with Gasteiger partial charge in [0.05, 0.1) is 10.9 Å². The molecular formula is C29H29N3O3. The van der Waals surface area contributed by atoms with E-state index in [9.17, 15) is 9.59 Å². The molecule has 1 aromatic heterocycles. The van der Waals surface area contributed by atoms with Gasteiger partial charge in [0, 0.05) is 49.5 Å². The van der Waals surface area contributed by atoms with E-state index in [2.05, 4.69) is 22.2 Å². The summed E-state index contributed by atoms with van der Waals surface area (Å²) in [6.07, 6.45) is 0. The van der Waals surface area contributed by atoms with Crippen LogP contribution >= 0.6 is 0 Å². The Labute approximate surface area is 204 Å². The maximum atomic E-state index is 13.2. The van der Waals surface area contributed by atoms with Gasteiger partial charge >= 0.3 is 0 Å². The second-order valence-corrected chi connectivity index (χ2v) is 9.16. The van der Waals surface area contributed by atoms with Crippen molar-refractivity contribution < 1.29 is 9.21 Å². The van der Waals surface area contributed by atoms with E-state index in [1.165, 1.54) is 5.56 Å². The lowest BCUT2D eigenvalue weighted by Crippen LogP contribution is -2.43. The minimum atomic E-state index is -0.312. The highest BCUT2D eigenvalue weighted by Crippen LogP contribution is 2.27. The van der Waals surface area contributed by atoms with E-state index >= 15 is 0 Å². The van der Waals surface area contributed by atoms with E-state index in [-0.39, 0.29) is 11.3 Å². The summed E-state index contributed by atoms with van der Waals surface area (Å²) in [4.78, 5) is 31.1. The molecule has 4 aromatic rings. The van der Waals surface area contributed by atoms with Gasteiger partial charge in [0.25, 0.3) is 5.91 Å². The molecular weight excluding hydrogens is 438 g/mol. The number of nitrogens with one attached hydrogen (secondary N) is 1. The summed E-state index contributed by atoms with van der Waals surface area (Å²) in [5.41, 5.74) is 3.74. The maximum absolute atomic E-state index is 13.2. The summed E-state index contributed by atoms with van der Waals surface area (Å²) in [5, 5.41) is 3.36. The fraction of sp³-hybridized carbons (Fsp3) is 0.241. The molecule has 35 heavy (non-hydrogen) atoms. The SMILES string of the molecule is Cc1c(-c2ccccc2)oc2c(C(=O)Nc3ccc(CN4CCN(C)CC4)cc3)cccc2c1=O. The summed E-state index contributed by atoms with van der Waals surface area (Å²) >= 11 is 0. The van der Waals surface area contributed by atoms with Crippen molar-refractivity contribution in [2.24, 2.45) is 0 Å². The van der Waals surface area contributed by atoms with E-state index in [0.29, 0.717) is 33.5 Å². The second kappa shape index (κ2) is 9.86. The highest BCUT2D eigenvalue weighted by molar-refractivity contribution is 6.11. The van der Waals surface area contributed by atoms with E-state index in [4.69, 9.17) is 4.42 Å². The lowest BCUT2D eigenvalue weighted by molar-refractivity contribution is 0.102. The normalized spacial score (nSPS) is 14.8. The van der Waals surface area contributed by atoms with Crippen LogP contribution in [0.2, 0.25) is 0 Å². The smallest absolute Gasteiger partial charge is 0.259 e. The summed E-state index contributed by atoms with van der Waals surface area (Å²) < 4.78 is 6.19. The van der Waals surface area contributed by atoms with Crippen LogP contribution in [0.3, 0.4) is 0 Å². The zero-order valence-corrected chi connectivity index (χ0v) is 20.1. The maximum Gasteiger partial charge on any atom is 0.259 e. The van der Waals surface area contributed by atoms with E-state index in [1.807, 2.05) is 54.6 Å². The summed E-state index contributed by atoms with van der Waals surface area (Å²) in [7, 11) is 2.15. The van der Waals surface area contributed by atoms with Gasteiger partial charge in [0.1, 0.15) is 5.76 Å². The number of carbonyl (C=O) groups excluding carboxylic acids is 1. The number of para-hydroxylation sites is 1. The Kier molecular flexibility index (Phi) is 6.49. The second-order valence-electron chi connectivity index (χ2n) is 9.16. The molecule has 3 aromatic carbocycles. The number of anilines is 1. The number of nitrogens with zero attached hydrogens (tertiary/aromatic N) is 2. The molecule has 5 rings (SSSR count). The number of piperazine rings is 1. The van der Waals surface area contributed by atoms with Crippen molar-refractivity contribution in [3.05, 3.63) is 99.7 Å². The first-order chi connectivity index (χ1) is 17.0. The van der Waals surface area contributed by atoms with Crippen LogP contribution in [0.25, 0.3) is 22.3 Å². The third-order valence-corrected chi connectivity index (χ3v) is 6.64. The van der Waals surface area contributed by atoms with Crippen LogP contribution in [0.1, 0.15) is 21.5 Å². The molecule has 1 fully saturated rings. The first kappa shape index (κ1) is 23.0. The number of rotatable bonds is 5. The Morgan fingerprint density at radius 2 is 1.63 bits per heavy atom. The third kappa shape index (κ3) is 4.90. The molecule has 0 unspecified atom stereocenters. The van der Waals surface area contributed by atoms with Crippen LogP contribution in [0.5, 0.6) is 0 Å². The van der Waals surface area contributed by atoms with Crippen LogP contribution in [0, 0.1) is 6.92 Å². The van der Waals surface area contributed by atoms with Crippen molar-refractivity contribution >= 4 is 22.6 Å². The Balaban J connectivity index is 1.39. The van der Waals surface area contributed by atoms with Crippen molar-refractivity contribution in [3.63, 3.8) is 0 Å². The number of likely N-dealkylation sites (N-methyl/N-ethyl adjacent to an activating group) is 1. The summed E-state index contributed by atoms with van der Waals surface area (Å²) in [6, 6.07) is 22.5. The van der Waals surface area contributed by atoms with Crippen molar-refractivity contribution in [2.75, 3.05) is 38.5 Å². The zero-order chi connectivity index (χ0) is 24.4. The molecule has 1 N–H and O–H groups in total. The topological polar surface area (TPSA) is 65.8 Å². The number of carbonyl (C=O) groups is 1. The fourth-order valence-electron chi connectivity index (χ4n) is 4.51. The van der Waals surface area contributed by atoms with Gasteiger partial charge in [0.2, 0.25) is 0 Å². The number of amides is 1. The van der Waals surface area contributed by atoms with Gasteiger partial charge < -0.3 is 14.6 Å². The Morgan fingerprint density at radius 1 is 0.914 bits per heavy atom. The predicted octanol–water partition coefficient (Wildman–Crippen LogP) is 4.77. The molecule has 0 spiro atoms. The standard InChI is InChI=1S/C29H29N3O3/c1-20-26(33)24-9-6-10-25(28(24)35-27(20)22-7-4-3-5-8-22)29(34)30-23-13-11-21(12-14-23)19-32-17-15-31(2)16-18-32/h3-14H,15-19H2,1-2H3,(H,30,34). The van der Waals surface area contributed by atoms with Gasteiger partial charge in [-0.15, -0.1) is 0 Å².